The molecule has 0 radical (unpaired) electrons. The molecule has 0 aliphatic rings. The number of Topliss-reactive ketones (excluding diaryl/α,β-unsaturated/α-hetero) is 1. The molecule has 3 heteroatoms. The topological polar surface area (TPSA) is 64.7 Å². The lowest BCUT2D eigenvalue weighted by Gasteiger charge is -2.30. The average Bonchev–Trinajstić information content (AvgIpc) is 2.61. The van der Waals surface area contributed by atoms with Crippen molar-refractivity contribution < 1.29 is 4.79 Å². The third kappa shape index (κ3) is 2.38. The van der Waals surface area contributed by atoms with Gasteiger partial charge in [0.25, 0.3) is 0 Å². The van der Waals surface area contributed by atoms with Gasteiger partial charge in [-0.3, -0.25) is 4.79 Å². The quantitative estimate of drug-likeness (QED) is 0.864. The number of nitrogens with zero attached hydrogens (tertiary/aromatic N) is 2. The van der Waals surface area contributed by atoms with Crippen molar-refractivity contribution in [1.29, 1.82) is 10.5 Å². The maximum Gasteiger partial charge on any atom is 0.181 e. The number of benzene rings is 2. The maximum atomic E-state index is 13.1. The van der Waals surface area contributed by atoms with Gasteiger partial charge in [0, 0.05) is 0 Å². The highest BCUT2D eigenvalue weighted by Gasteiger charge is 2.47. The van der Waals surface area contributed by atoms with Crippen LogP contribution in [0.3, 0.4) is 0 Å². The first-order valence-electron chi connectivity index (χ1n) is 6.97. The largest absolute Gasteiger partial charge is 0.295 e. The smallest absolute Gasteiger partial charge is 0.181 e. The van der Waals surface area contributed by atoms with Crippen molar-refractivity contribution in [2.45, 2.75) is 24.7 Å². The van der Waals surface area contributed by atoms with Gasteiger partial charge in [0.2, 0.25) is 0 Å². The third-order valence-corrected chi connectivity index (χ3v) is 4.06. The molecule has 22 heavy (non-hydrogen) atoms. The summed E-state index contributed by atoms with van der Waals surface area (Å²) >= 11 is 0. The summed E-state index contributed by atoms with van der Waals surface area (Å²) in [6.07, 6.45) is 0. The Kier molecular flexibility index (Phi) is 4.11. The van der Waals surface area contributed by atoms with Gasteiger partial charge in [0.1, 0.15) is 10.8 Å². The third-order valence-electron chi connectivity index (χ3n) is 4.06. The van der Waals surface area contributed by atoms with E-state index in [1.54, 1.807) is 62.4 Å². The number of ketones is 1. The molecule has 3 nitrogen and oxygen atoms in total. The molecule has 0 N–H and O–H groups in total. The molecular weight excluding hydrogens is 272 g/mol. The Hall–Kier alpha value is -2.91. The molecule has 0 heterocycles. The van der Waals surface area contributed by atoms with Crippen molar-refractivity contribution in [2.24, 2.45) is 0 Å². The first-order valence-corrected chi connectivity index (χ1v) is 6.97. The average molecular weight is 288 g/mol. The van der Waals surface area contributed by atoms with E-state index in [2.05, 4.69) is 12.1 Å². The first-order chi connectivity index (χ1) is 10.5. The van der Waals surface area contributed by atoms with Crippen LogP contribution in [0.5, 0.6) is 0 Å². The summed E-state index contributed by atoms with van der Waals surface area (Å²) in [6.45, 7) is 3.15. The van der Waals surface area contributed by atoms with Gasteiger partial charge in [-0.1, -0.05) is 60.7 Å². The van der Waals surface area contributed by atoms with Gasteiger partial charge < -0.3 is 0 Å². The summed E-state index contributed by atoms with van der Waals surface area (Å²) in [4.78, 5) is 13.1. The van der Waals surface area contributed by atoms with Crippen LogP contribution in [-0.2, 0) is 15.6 Å². The molecule has 0 spiro atoms. The molecule has 0 amide bonds. The summed E-state index contributed by atoms with van der Waals surface area (Å²) < 4.78 is 0. The molecule has 2 rings (SSSR count). The lowest BCUT2D eigenvalue weighted by atomic mass is 9.67. The van der Waals surface area contributed by atoms with Crippen molar-refractivity contribution in [3.8, 4) is 12.1 Å². The van der Waals surface area contributed by atoms with E-state index in [0.29, 0.717) is 11.1 Å². The Morgan fingerprint density at radius 2 is 1.09 bits per heavy atom. The van der Waals surface area contributed by atoms with Gasteiger partial charge in [-0.15, -0.1) is 0 Å². The Morgan fingerprint density at radius 1 is 0.773 bits per heavy atom. The minimum absolute atomic E-state index is 0.414. The minimum atomic E-state index is -1.37. The zero-order chi connectivity index (χ0) is 16.2. The van der Waals surface area contributed by atoms with E-state index in [4.69, 9.17) is 0 Å². The molecule has 0 saturated heterocycles. The van der Waals surface area contributed by atoms with Gasteiger partial charge in [0.15, 0.2) is 5.78 Å². The van der Waals surface area contributed by atoms with E-state index in [9.17, 15) is 15.3 Å². The van der Waals surface area contributed by atoms with Crippen LogP contribution >= 0.6 is 0 Å². The standard InChI is InChI=1S/C19H16N2O/c1-18(13-20,15-9-5-3-6-10-15)17(22)19(2,14-21)16-11-7-4-8-12-16/h3-12H,1-2H3. The molecule has 0 fully saturated rings. The zero-order valence-electron chi connectivity index (χ0n) is 12.6. The van der Waals surface area contributed by atoms with Gasteiger partial charge in [-0.2, -0.15) is 10.5 Å². The molecular formula is C19H16N2O. The van der Waals surface area contributed by atoms with E-state index in [-0.39, 0.29) is 0 Å². The van der Waals surface area contributed by atoms with Gasteiger partial charge in [-0.05, 0) is 25.0 Å². The summed E-state index contributed by atoms with van der Waals surface area (Å²) in [5.41, 5.74) is -1.55. The predicted molar refractivity (Wildman–Crippen MR) is 83.8 cm³/mol. The Balaban J connectivity index is 2.58. The highest BCUT2D eigenvalue weighted by molar-refractivity contribution is 6.02. The lowest BCUT2D eigenvalue weighted by Crippen LogP contribution is -2.44. The summed E-state index contributed by atoms with van der Waals surface area (Å²) in [6, 6.07) is 21.9. The van der Waals surface area contributed by atoms with Gasteiger partial charge in [0.05, 0.1) is 12.1 Å². The number of nitriles is 2. The van der Waals surface area contributed by atoms with E-state index in [0.717, 1.165) is 0 Å². The zero-order valence-corrected chi connectivity index (χ0v) is 12.6. The van der Waals surface area contributed by atoms with Gasteiger partial charge in [-0.25, -0.2) is 0 Å². The van der Waals surface area contributed by atoms with Crippen LogP contribution in [0.15, 0.2) is 60.7 Å². The SMILES string of the molecule is CC(C#N)(C(=O)C(C)(C#N)c1ccccc1)c1ccccc1. The van der Waals surface area contributed by atoms with E-state index in [1.165, 1.54) is 0 Å². The second-order valence-electron chi connectivity index (χ2n) is 5.53. The predicted octanol–water partition coefficient (Wildman–Crippen LogP) is 3.52. The van der Waals surface area contributed by atoms with Crippen LogP contribution in [0.1, 0.15) is 25.0 Å². The van der Waals surface area contributed by atoms with Crippen molar-refractivity contribution in [2.75, 3.05) is 0 Å². The number of hydrogen-bond acceptors (Lipinski definition) is 3. The second-order valence-corrected chi connectivity index (χ2v) is 5.53. The molecule has 0 aliphatic heterocycles. The Labute approximate surface area is 130 Å². The molecule has 108 valence electrons. The summed E-state index contributed by atoms with van der Waals surface area (Å²) in [5, 5.41) is 19.3. The van der Waals surface area contributed by atoms with Gasteiger partial charge >= 0.3 is 0 Å². The monoisotopic (exact) mass is 288 g/mol. The fourth-order valence-corrected chi connectivity index (χ4v) is 2.54. The van der Waals surface area contributed by atoms with Crippen LogP contribution in [0, 0.1) is 22.7 Å². The molecule has 2 unspecified atom stereocenters. The van der Waals surface area contributed by atoms with Crippen molar-refractivity contribution >= 4 is 5.78 Å². The normalized spacial score (nSPS) is 15.6. The van der Waals surface area contributed by atoms with Crippen LogP contribution in [0.2, 0.25) is 0 Å². The number of hydrogen-bond donors (Lipinski definition) is 0. The summed E-state index contributed by atoms with van der Waals surface area (Å²) in [7, 11) is 0. The van der Waals surface area contributed by atoms with Crippen molar-refractivity contribution in [1.82, 2.24) is 0 Å². The Morgan fingerprint density at radius 3 is 1.36 bits per heavy atom. The molecule has 0 bridgehead atoms. The fraction of sp³-hybridized carbons (Fsp3) is 0.211. The second kappa shape index (κ2) is 5.84. The lowest BCUT2D eigenvalue weighted by molar-refractivity contribution is -0.125. The molecule has 2 atom stereocenters. The molecule has 0 saturated carbocycles. The Bertz CT molecular complexity index is 690. The maximum absolute atomic E-state index is 13.1. The first kappa shape index (κ1) is 15.5. The van der Waals surface area contributed by atoms with E-state index < -0.39 is 16.6 Å². The highest BCUT2D eigenvalue weighted by Crippen LogP contribution is 2.35. The highest BCUT2D eigenvalue weighted by atomic mass is 16.1. The molecule has 0 aliphatic carbocycles. The van der Waals surface area contributed by atoms with Crippen LogP contribution < -0.4 is 0 Å². The van der Waals surface area contributed by atoms with Crippen LogP contribution in [0.4, 0.5) is 0 Å². The fourth-order valence-electron chi connectivity index (χ4n) is 2.54. The number of carbonyl (C=O) groups excluding carboxylic acids is 1. The van der Waals surface area contributed by atoms with Crippen molar-refractivity contribution in [3.05, 3.63) is 71.8 Å². The molecule has 2 aromatic rings. The van der Waals surface area contributed by atoms with E-state index in [1.807, 2.05) is 12.1 Å². The van der Waals surface area contributed by atoms with Crippen LogP contribution in [-0.4, -0.2) is 5.78 Å². The van der Waals surface area contributed by atoms with Crippen LogP contribution in [0.25, 0.3) is 0 Å². The number of rotatable bonds is 4. The van der Waals surface area contributed by atoms with E-state index >= 15 is 0 Å². The molecule has 2 aromatic carbocycles. The molecule has 0 aromatic heterocycles. The number of carbonyl (C=O) groups is 1. The summed E-state index contributed by atoms with van der Waals surface area (Å²) in [5.74, 6) is -0.414. The van der Waals surface area contributed by atoms with Crippen molar-refractivity contribution in [3.63, 3.8) is 0 Å². The minimum Gasteiger partial charge on any atom is -0.295 e.